The van der Waals surface area contributed by atoms with E-state index in [0.29, 0.717) is 12.1 Å². The van der Waals surface area contributed by atoms with E-state index in [0.717, 1.165) is 5.56 Å². The van der Waals surface area contributed by atoms with E-state index in [1.165, 1.54) is 4.90 Å². The number of nitrogens with two attached hydrogens (primary N) is 1. The molecule has 1 atom stereocenters. The van der Waals surface area contributed by atoms with Crippen molar-refractivity contribution in [3.63, 3.8) is 0 Å². The average molecular weight is 233 g/mol. The van der Waals surface area contributed by atoms with E-state index in [1.807, 2.05) is 12.1 Å². The molecule has 0 unspecified atom stereocenters. The van der Waals surface area contributed by atoms with Gasteiger partial charge in [0.05, 0.1) is 6.54 Å². The summed E-state index contributed by atoms with van der Waals surface area (Å²) in [6, 6.07) is 6.83. The first-order chi connectivity index (χ1) is 8.06. The van der Waals surface area contributed by atoms with E-state index in [2.05, 4.69) is 5.32 Å². The number of benzene rings is 1. The summed E-state index contributed by atoms with van der Waals surface area (Å²) in [5, 5.41) is 2.70. The lowest BCUT2D eigenvalue weighted by molar-refractivity contribution is -0.142. The standard InChI is InChI=1S/C12H15N3O2/c1-15-7-11(16)14-10(12(15)17)6-8-2-4-9(13)5-3-8/h2-5,10H,6-7,13H2,1H3,(H,14,16)/t10-/m0/s1. The Morgan fingerprint density at radius 2 is 2.00 bits per heavy atom. The van der Waals surface area contributed by atoms with Gasteiger partial charge in [-0.05, 0) is 17.7 Å². The van der Waals surface area contributed by atoms with Crippen LogP contribution in [0.4, 0.5) is 5.69 Å². The highest BCUT2D eigenvalue weighted by atomic mass is 16.2. The van der Waals surface area contributed by atoms with Crippen molar-refractivity contribution in [3.05, 3.63) is 29.8 Å². The topological polar surface area (TPSA) is 75.4 Å². The first-order valence-electron chi connectivity index (χ1n) is 5.45. The quantitative estimate of drug-likeness (QED) is 0.693. The molecule has 90 valence electrons. The van der Waals surface area contributed by atoms with Crippen molar-refractivity contribution in [2.75, 3.05) is 19.3 Å². The Morgan fingerprint density at radius 3 is 2.65 bits per heavy atom. The number of carbonyl (C=O) groups is 2. The molecule has 0 saturated carbocycles. The Kier molecular flexibility index (Phi) is 2.99. The minimum Gasteiger partial charge on any atom is -0.399 e. The van der Waals surface area contributed by atoms with Crippen LogP contribution >= 0.6 is 0 Å². The van der Waals surface area contributed by atoms with Crippen LogP contribution in [0.15, 0.2) is 24.3 Å². The summed E-state index contributed by atoms with van der Waals surface area (Å²) in [5.41, 5.74) is 7.25. The first kappa shape index (κ1) is 11.4. The fraction of sp³-hybridized carbons (Fsp3) is 0.333. The second kappa shape index (κ2) is 4.45. The van der Waals surface area contributed by atoms with Gasteiger partial charge in [-0.25, -0.2) is 0 Å². The van der Waals surface area contributed by atoms with Gasteiger partial charge in [0.25, 0.3) is 0 Å². The van der Waals surface area contributed by atoms with E-state index in [1.54, 1.807) is 19.2 Å². The molecule has 0 aromatic heterocycles. The average Bonchev–Trinajstić information content (AvgIpc) is 2.28. The lowest BCUT2D eigenvalue weighted by atomic mass is 10.0. The maximum absolute atomic E-state index is 11.8. The minimum absolute atomic E-state index is 0.0542. The second-order valence-corrected chi connectivity index (χ2v) is 4.26. The van der Waals surface area contributed by atoms with Gasteiger partial charge in [-0.3, -0.25) is 9.59 Å². The molecule has 1 aliphatic heterocycles. The summed E-state index contributed by atoms with van der Waals surface area (Å²) in [6.07, 6.45) is 0.495. The fourth-order valence-electron chi connectivity index (χ4n) is 1.89. The van der Waals surface area contributed by atoms with E-state index in [9.17, 15) is 9.59 Å². The molecule has 1 aromatic rings. The van der Waals surface area contributed by atoms with E-state index >= 15 is 0 Å². The predicted octanol–water partition coefficient (Wildman–Crippen LogP) is -0.232. The van der Waals surface area contributed by atoms with Crippen LogP contribution < -0.4 is 11.1 Å². The number of nitrogens with one attached hydrogen (secondary N) is 1. The Bertz CT molecular complexity index is 442. The number of rotatable bonds is 2. The van der Waals surface area contributed by atoms with Crippen molar-refractivity contribution in [3.8, 4) is 0 Å². The molecule has 0 bridgehead atoms. The van der Waals surface area contributed by atoms with Gasteiger partial charge in [0.1, 0.15) is 6.04 Å². The molecule has 5 heteroatoms. The third-order valence-electron chi connectivity index (χ3n) is 2.81. The minimum atomic E-state index is -0.468. The lowest BCUT2D eigenvalue weighted by Gasteiger charge is -2.29. The van der Waals surface area contributed by atoms with Crippen LogP contribution in [0.2, 0.25) is 0 Å². The zero-order chi connectivity index (χ0) is 12.4. The molecule has 3 N–H and O–H groups in total. The monoisotopic (exact) mass is 233 g/mol. The Balaban J connectivity index is 2.09. The zero-order valence-corrected chi connectivity index (χ0v) is 9.64. The van der Waals surface area contributed by atoms with Crippen LogP contribution in [0.25, 0.3) is 0 Å². The number of amides is 2. The van der Waals surface area contributed by atoms with E-state index in [4.69, 9.17) is 5.73 Å². The van der Waals surface area contributed by atoms with Crippen molar-refractivity contribution in [1.82, 2.24) is 10.2 Å². The normalized spacial score (nSPS) is 20.3. The molecule has 5 nitrogen and oxygen atoms in total. The molecule has 2 rings (SSSR count). The molecular weight excluding hydrogens is 218 g/mol. The predicted molar refractivity (Wildman–Crippen MR) is 64.1 cm³/mol. The van der Waals surface area contributed by atoms with Crippen LogP contribution in [0.3, 0.4) is 0 Å². The van der Waals surface area contributed by atoms with Gasteiger partial charge in [0.2, 0.25) is 11.8 Å². The van der Waals surface area contributed by atoms with Gasteiger partial charge in [-0.1, -0.05) is 12.1 Å². The van der Waals surface area contributed by atoms with Crippen molar-refractivity contribution in [1.29, 1.82) is 0 Å². The molecule has 1 aliphatic rings. The highest BCUT2D eigenvalue weighted by Crippen LogP contribution is 2.10. The molecule has 0 radical (unpaired) electrons. The van der Waals surface area contributed by atoms with Crippen molar-refractivity contribution in [2.45, 2.75) is 12.5 Å². The van der Waals surface area contributed by atoms with Crippen LogP contribution in [-0.2, 0) is 16.0 Å². The second-order valence-electron chi connectivity index (χ2n) is 4.26. The van der Waals surface area contributed by atoms with Gasteiger partial charge in [0, 0.05) is 19.2 Å². The summed E-state index contributed by atoms with van der Waals surface area (Å²) in [6.45, 7) is 0.136. The molecule has 17 heavy (non-hydrogen) atoms. The molecule has 1 saturated heterocycles. The van der Waals surface area contributed by atoms with Crippen LogP contribution in [0.1, 0.15) is 5.56 Å². The summed E-state index contributed by atoms with van der Waals surface area (Å²) >= 11 is 0. The number of nitrogen functional groups attached to an aromatic ring is 1. The third kappa shape index (κ3) is 2.55. The largest absolute Gasteiger partial charge is 0.399 e. The van der Waals surface area contributed by atoms with Gasteiger partial charge < -0.3 is 16.0 Å². The molecule has 1 fully saturated rings. The number of piperazine rings is 1. The number of nitrogens with zero attached hydrogens (tertiary/aromatic N) is 1. The maximum atomic E-state index is 11.8. The highest BCUT2D eigenvalue weighted by Gasteiger charge is 2.30. The number of likely N-dealkylation sites (N-methyl/N-ethyl adjacent to an activating group) is 1. The van der Waals surface area contributed by atoms with Gasteiger partial charge in [-0.2, -0.15) is 0 Å². The molecule has 1 aromatic carbocycles. The lowest BCUT2D eigenvalue weighted by Crippen LogP contribution is -2.57. The number of anilines is 1. The highest BCUT2D eigenvalue weighted by molar-refractivity contribution is 5.94. The van der Waals surface area contributed by atoms with E-state index < -0.39 is 6.04 Å². The smallest absolute Gasteiger partial charge is 0.245 e. The summed E-state index contributed by atoms with van der Waals surface area (Å²) in [5.74, 6) is -0.172. The Morgan fingerprint density at radius 1 is 1.35 bits per heavy atom. The van der Waals surface area contributed by atoms with E-state index in [-0.39, 0.29) is 18.4 Å². The molecule has 0 aliphatic carbocycles. The fourth-order valence-corrected chi connectivity index (χ4v) is 1.89. The molecule has 2 amide bonds. The summed E-state index contributed by atoms with van der Waals surface area (Å²) < 4.78 is 0. The number of carbonyl (C=O) groups excluding carboxylic acids is 2. The molecule has 1 heterocycles. The summed E-state index contributed by atoms with van der Waals surface area (Å²) in [4.78, 5) is 24.6. The first-order valence-corrected chi connectivity index (χ1v) is 5.45. The third-order valence-corrected chi connectivity index (χ3v) is 2.81. The van der Waals surface area contributed by atoms with Crippen molar-refractivity contribution < 1.29 is 9.59 Å². The Labute approximate surface area is 99.6 Å². The summed E-state index contributed by atoms with van der Waals surface area (Å²) in [7, 11) is 1.64. The Hall–Kier alpha value is -2.04. The molecule has 0 spiro atoms. The van der Waals surface area contributed by atoms with Gasteiger partial charge in [0.15, 0.2) is 0 Å². The van der Waals surface area contributed by atoms with Crippen molar-refractivity contribution in [2.24, 2.45) is 0 Å². The van der Waals surface area contributed by atoms with Crippen LogP contribution in [0, 0.1) is 0 Å². The zero-order valence-electron chi connectivity index (χ0n) is 9.64. The van der Waals surface area contributed by atoms with Gasteiger partial charge >= 0.3 is 0 Å². The van der Waals surface area contributed by atoms with Crippen LogP contribution in [0.5, 0.6) is 0 Å². The van der Waals surface area contributed by atoms with Crippen LogP contribution in [-0.4, -0.2) is 36.3 Å². The SMILES string of the molecule is CN1CC(=O)N[C@@H](Cc2ccc(N)cc2)C1=O. The maximum Gasteiger partial charge on any atom is 0.245 e. The number of hydrogen-bond donors (Lipinski definition) is 2. The molecular formula is C12H15N3O2. The van der Waals surface area contributed by atoms with Crippen molar-refractivity contribution >= 4 is 17.5 Å². The van der Waals surface area contributed by atoms with Gasteiger partial charge in [-0.15, -0.1) is 0 Å². The number of hydrogen-bond acceptors (Lipinski definition) is 3.